The number of benzene rings is 2. The third-order valence-electron chi connectivity index (χ3n) is 4.68. The van der Waals surface area contributed by atoms with Crippen LogP contribution in [0.4, 0.5) is 29.3 Å². The van der Waals surface area contributed by atoms with Crippen molar-refractivity contribution in [1.29, 1.82) is 0 Å². The molecule has 1 N–H and O–H groups in total. The summed E-state index contributed by atoms with van der Waals surface area (Å²) in [7, 11) is 0. The van der Waals surface area contributed by atoms with Gasteiger partial charge in [-0.05, 0) is 43.3 Å². The maximum Gasteiger partial charge on any atom is 0.418 e. The number of Topliss-reactive ketones (excluding diaryl/α,β-unsaturated/α-hetero) is 1. The summed E-state index contributed by atoms with van der Waals surface area (Å²) in [6.07, 6.45) is -4.53. The molecule has 3 rings (SSSR count). The average molecular weight is 391 g/mol. The molecular weight excluding hydrogens is 371 g/mol. The number of carbonyl (C=O) groups excluding carboxylic acids is 2. The van der Waals surface area contributed by atoms with Crippen molar-refractivity contribution < 1.29 is 22.8 Å². The molecule has 8 heteroatoms. The van der Waals surface area contributed by atoms with Crippen LogP contribution in [0.3, 0.4) is 0 Å². The Bertz CT molecular complexity index is 858. The summed E-state index contributed by atoms with van der Waals surface area (Å²) in [5.74, 6) is -0.00724. The van der Waals surface area contributed by atoms with E-state index < -0.39 is 17.8 Å². The first kappa shape index (κ1) is 19.7. The Labute approximate surface area is 160 Å². The van der Waals surface area contributed by atoms with Crippen LogP contribution in [-0.2, 0) is 6.18 Å². The Balaban J connectivity index is 1.61. The molecular formula is C20H20F3N3O2. The minimum Gasteiger partial charge on any atom is -0.368 e. The highest BCUT2D eigenvalue weighted by atomic mass is 19.4. The van der Waals surface area contributed by atoms with E-state index in [1.807, 2.05) is 12.1 Å². The lowest BCUT2D eigenvalue weighted by atomic mass is 10.1. The van der Waals surface area contributed by atoms with Crippen molar-refractivity contribution >= 4 is 23.2 Å². The number of nitrogens with one attached hydrogen (secondary N) is 1. The number of hydrogen-bond donors (Lipinski definition) is 1. The zero-order chi connectivity index (χ0) is 20.3. The summed E-state index contributed by atoms with van der Waals surface area (Å²) in [4.78, 5) is 27.3. The molecule has 0 aliphatic carbocycles. The molecule has 0 bridgehead atoms. The number of ketones is 1. The third kappa shape index (κ3) is 4.44. The van der Waals surface area contributed by atoms with Crippen LogP contribution in [-0.4, -0.2) is 42.9 Å². The van der Waals surface area contributed by atoms with E-state index in [0.717, 1.165) is 11.8 Å². The molecule has 1 aliphatic rings. The van der Waals surface area contributed by atoms with Gasteiger partial charge in [-0.3, -0.25) is 4.79 Å². The molecule has 1 heterocycles. The van der Waals surface area contributed by atoms with Crippen molar-refractivity contribution in [2.75, 3.05) is 36.4 Å². The predicted octanol–water partition coefficient (Wildman–Crippen LogP) is 4.26. The monoisotopic (exact) mass is 391 g/mol. The van der Waals surface area contributed by atoms with E-state index in [9.17, 15) is 22.8 Å². The molecule has 0 aromatic heterocycles. The number of nitrogens with zero attached hydrogens (tertiary/aromatic N) is 2. The second-order valence-electron chi connectivity index (χ2n) is 6.55. The molecule has 0 spiro atoms. The largest absolute Gasteiger partial charge is 0.418 e. The quantitative estimate of drug-likeness (QED) is 0.796. The highest BCUT2D eigenvalue weighted by Crippen LogP contribution is 2.34. The molecule has 0 unspecified atom stereocenters. The molecule has 2 amide bonds. The number of urea groups is 1. The van der Waals surface area contributed by atoms with Gasteiger partial charge in [0.25, 0.3) is 0 Å². The fraction of sp³-hybridized carbons (Fsp3) is 0.300. The molecule has 5 nitrogen and oxygen atoms in total. The van der Waals surface area contributed by atoms with Crippen LogP contribution in [0.2, 0.25) is 0 Å². The highest BCUT2D eigenvalue weighted by molar-refractivity contribution is 5.94. The molecule has 1 aliphatic heterocycles. The van der Waals surface area contributed by atoms with Crippen molar-refractivity contribution in [3.63, 3.8) is 0 Å². The number of carbonyl (C=O) groups is 2. The van der Waals surface area contributed by atoms with E-state index in [2.05, 4.69) is 10.2 Å². The van der Waals surface area contributed by atoms with Crippen LogP contribution in [0, 0.1) is 0 Å². The Morgan fingerprint density at radius 3 is 2.11 bits per heavy atom. The summed E-state index contributed by atoms with van der Waals surface area (Å²) < 4.78 is 39.2. The van der Waals surface area contributed by atoms with Gasteiger partial charge in [-0.25, -0.2) is 4.79 Å². The maximum atomic E-state index is 13.1. The zero-order valence-electron chi connectivity index (χ0n) is 15.3. The van der Waals surface area contributed by atoms with Gasteiger partial charge in [-0.1, -0.05) is 12.1 Å². The van der Waals surface area contributed by atoms with Gasteiger partial charge >= 0.3 is 12.2 Å². The third-order valence-corrected chi connectivity index (χ3v) is 4.68. The normalized spacial score (nSPS) is 14.7. The summed E-state index contributed by atoms with van der Waals surface area (Å²) in [6, 6.07) is 11.6. The van der Waals surface area contributed by atoms with Crippen molar-refractivity contribution in [2.45, 2.75) is 13.1 Å². The van der Waals surface area contributed by atoms with Crippen molar-refractivity contribution in [3.8, 4) is 0 Å². The topological polar surface area (TPSA) is 52.7 Å². The SMILES string of the molecule is CC(=O)c1ccc(N2CCN(C(=O)Nc3ccccc3C(F)(F)F)CC2)cc1. The van der Waals surface area contributed by atoms with Crippen LogP contribution >= 0.6 is 0 Å². The highest BCUT2D eigenvalue weighted by Gasteiger charge is 2.34. The molecule has 28 heavy (non-hydrogen) atoms. The Morgan fingerprint density at radius 2 is 1.54 bits per heavy atom. The Hall–Kier alpha value is -3.03. The zero-order valence-corrected chi connectivity index (χ0v) is 15.3. The second kappa shape index (κ2) is 7.92. The standard InChI is InChI=1S/C20H20F3N3O2/c1-14(27)15-6-8-16(9-7-15)25-10-12-26(13-11-25)19(28)24-18-5-3-2-4-17(18)20(21,22)23/h2-9H,10-13H2,1H3,(H,24,28). The number of halogens is 3. The van der Waals surface area contributed by atoms with Crippen LogP contribution in [0.5, 0.6) is 0 Å². The van der Waals surface area contributed by atoms with Crippen LogP contribution in [0.1, 0.15) is 22.8 Å². The van der Waals surface area contributed by atoms with E-state index in [1.165, 1.54) is 30.0 Å². The lowest BCUT2D eigenvalue weighted by Crippen LogP contribution is -2.50. The van der Waals surface area contributed by atoms with Gasteiger partial charge in [0.15, 0.2) is 5.78 Å². The van der Waals surface area contributed by atoms with E-state index in [-0.39, 0.29) is 11.5 Å². The van der Waals surface area contributed by atoms with Gasteiger partial charge in [-0.15, -0.1) is 0 Å². The number of alkyl halides is 3. The smallest absolute Gasteiger partial charge is 0.368 e. The first-order chi connectivity index (χ1) is 13.3. The number of para-hydroxylation sites is 1. The molecule has 2 aromatic rings. The van der Waals surface area contributed by atoms with E-state index in [1.54, 1.807) is 12.1 Å². The first-order valence-corrected chi connectivity index (χ1v) is 8.84. The van der Waals surface area contributed by atoms with Crippen LogP contribution in [0.15, 0.2) is 48.5 Å². The maximum absolute atomic E-state index is 13.1. The lowest BCUT2D eigenvalue weighted by Gasteiger charge is -2.36. The molecule has 2 aromatic carbocycles. The fourth-order valence-electron chi connectivity index (χ4n) is 3.11. The summed E-state index contributed by atoms with van der Waals surface area (Å²) >= 11 is 0. The van der Waals surface area contributed by atoms with E-state index in [0.29, 0.717) is 31.7 Å². The molecule has 0 saturated carbocycles. The average Bonchev–Trinajstić information content (AvgIpc) is 2.68. The lowest BCUT2D eigenvalue weighted by molar-refractivity contribution is -0.136. The molecule has 0 radical (unpaired) electrons. The van der Waals surface area contributed by atoms with Gasteiger partial charge in [0.05, 0.1) is 11.3 Å². The van der Waals surface area contributed by atoms with Gasteiger partial charge in [0.2, 0.25) is 0 Å². The summed E-state index contributed by atoms with van der Waals surface area (Å²) in [6.45, 7) is 3.37. The van der Waals surface area contributed by atoms with Gasteiger partial charge in [0, 0.05) is 37.4 Å². The first-order valence-electron chi connectivity index (χ1n) is 8.84. The fourth-order valence-corrected chi connectivity index (χ4v) is 3.11. The molecule has 1 saturated heterocycles. The number of rotatable bonds is 3. The van der Waals surface area contributed by atoms with Crippen molar-refractivity contribution in [2.24, 2.45) is 0 Å². The number of amides is 2. The van der Waals surface area contributed by atoms with Gasteiger partial charge < -0.3 is 15.1 Å². The Morgan fingerprint density at radius 1 is 0.929 bits per heavy atom. The van der Waals surface area contributed by atoms with Crippen molar-refractivity contribution in [3.05, 3.63) is 59.7 Å². The van der Waals surface area contributed by atoms with E-state index in [4.69, 9.17) is 0 Å². The van der Waals surface area contributed by atoms with Gasteiger partial charge in [-0.2, -0.15) is 13.2 Å². The van der Waals surface area contributed by atoms with Crippen LogP contribution in [0.25, 0.3) is 0 Å². The van der Waals surface area contributed by atoms with Crippen LogP contribution < -0.4 is 10.2 Å². The predicted molar refractivity (Wildman–Crippen MR) is 101 cm³/mol. The number of anilines is 2. The summed E-state index contributed by atoms with van der Waals surface area (Å²) in [5.41, 5.74) is 0.451. The minimum atomic E-state index is -4.53. The number of piperazine rings is 1. The summed E-state index contributed by atoms with van der Waals surface area (Å²) in [5, 5.41) is 2.37. The van der Waals surface area contributed by atoms with Gasteiger partial charge in [0.1, 0.15) is 0 Å². The second-order valence-corrected chi connectivity index (χ2v) is 6.55. The molecule has 0 atom stereocenters. The molecule has 148 valence electrons. The molecule has 1 fully saturated rings. The Kier molecular flexibility index (Phi) is 5.58. The van der Waals surface area contributed by atoms with Crippen molar-refractivity contribution in [1.82, 2.24) is 4.90 Å². The minimum absolute atomic E-state index is 0.00724. The van der Waals surface area contributed by atoms with E-state index >= 15 is 0 Å². The number of hydrogen-bond acceptors (Lipinski definition) is 3.